The van der Waals surface area contributed by atoms with E-state index in [2.05, 4.69) is 31.2 Å². The Kier molecular flexibility index (Phi) is 2.79. The lowest BCUT2D eigenvalue weighted by atomic mass is 9.41. The van der Waals surface area contributed by atoms with E-state index in [1.165, 1.54) is 44.1 Å². The van der Waals surface area contributed by atoms with Crippen LogP contribution in [0.2, 0.25) is 5.02 Å². The molecule has 0 spiro atoms. The molecule has 2 N–H and O–H groups in total. The maximum atomic E-state index is 6.43. The molecule has 0 radical (unpaired) electrons. The first-order valence-electron chi connectivity index (χ1n) is 8.03. The van der Waals surface area contributed by atoms with Gasteiger partial charge in [-0.2, -0.15) is 0 Å². The molecule has 0 heterocycles. The summed E-state index contributed by atoms with van der Waals surface area (Å²) in [5, 5.41) is 0.848. The van der Waals surface area contributed by atoms with Gasteiger partial charge in [0.25, 0.3) is 0 Å². The summed E-state index contributed by atoms with van der Waals surface area (Å²) in [4.78, 5) is 0. The van der Waals surface area contributed by atoms with Gasteiger partial charge in [-0.1, -0.05) is 23.7 Å². The van der Waals surface area contributed by atoms with Crippen LogP contribution in [-0.4, -0.2) is 6.04 Å². The summed E-state index contributed by atoms with van der Waals surface area (Å²) in [6.45, 7) is 2.24. The van der Waals surface area contributed by atoms with Crippen molar-refractivity contribution in [1.82, 2.24) is 0 Å². The molecule has 5 rings (SSSR count). The van der Waals surface area contributed by atoms with Crippen molar-refractivity contribution in [2.24, 2.45) is 23.0 Å². The van der Waals surface area contributed by atoms with Gasteiger partial charge in [-0.25, -0.2) is 0 Å². The molecule has 0 amide bonds. The van der Waals surface area contributed by atoms with Crippen molar-refractivity contribution in [1.29, 1.82) is 0 Å². The lowest BCUT2D eigenvalue weighted by Crippen LogP contribution is -2.59. The molecule has 4 saturated carbocycles. The van der Waals surface area contributed by atoms with E-state index in [0.717, 1.165) is 16.9 Å². The van der Waals surface area contributed by atoms with E-state index in [9.17, 15) is 0 Å². The van der Waals surface area contributed by atoms with Crippen LogP contribution in [0.1, 0.15) is 51.0 Å². The Labute approximate surface area is 126 Å². The van der Waals surface area contributed by atoms with E-state index in [0.29, 0.717) is 16.9 Å². The highest BCUT2D eigenvalue weighted by molar-refractivity contribution is 6.30. The third-order valence-electron chi connectivity index (χ3n) is 6.53. The SMILES string of the molecule is C[C@H](N)C12C[C@@H]3C[C@@H](CC(c4ccc(Cl)cc4)(C3)C1)C2. The Morgan fingerprint density at radius 1 is 1.10 bits per heavy atom. The Bertz CT molecular complexity index is 505. The van der Waals surface area contributed by atoms with Crippen molar-refractivity contribution in [3.63, 3.8) is 0 Å². The van der Waals surface area contributed by atoms with Crippen LogP contribution in [0.3, 0.4) is 0 Å². The van der Waals surface area contributed by atoms with Gasteiger partial charge in [0, 0.05) is 11.1 Å². The van der Waals surface area contributed by atoms with E-state index >= 15 is 0 Å². The molecule has 108 valence electrons. The normalized spacial score (nSPS) is 43.8. The minimum Gasteiger partial charge on any atom is -0.327 e. The fourth-order valence-corrected chi connectivity index (χ4v) is 6.13. The zero-order valence-corrected chi connectivity index (χ0v) is 13.0. The number of halogens is 1. The molecule has 0 aliphatic heterocycles. The van der Waals surface area contributed by atoms with Crippen molar-refractivity contribution in [2.75, 3.05) is 0 Å². The standard InChI is InChI=1S/C18H24ClN/c1-12(20)17-7-13-6-14(8-17)10-18(9-13,11-17)15-2-4-16(19)5-3-15/h2-5,12-14H,6-11,20H2,1H3/t12-,13-,14+,17?,18?/m0/s1. The largest absolute Gasteiger partial charge is 0.327 e. The maximum Gasteiger partial charge on any atom is 0.0406 e. The monoisotopic (exact) mass is 289 g/mol. The third kappa shape index (κ3) is 1.79. The quantitative estimate of drug-likeness (QED) is 0.851. The summed E-state index contributed by atoms with van der Waals surface area (Å²) >= 11 is 6.08. The highest BCUT2D eigenvalue weighted by atomic mass is 35.5. The molecule has 4 bridgehead atoms. The molecule has 1 aromatic rings. The van der Waals surface area contributed by atoms with Crippen LogP contribution in [0, 0.1) is 17.3 Å². The van der Waals surface area contributed by atoms with E-state index in [-0.39, 0.29) is 0 Å². The van der Waals surface area contributed by atoms with E-state index in [4.69, 9.17) is 17.3 Å². The van der Waals surface area contributed by atoms with Gasteiger partial charge in [-0.3, -0.25) is 0 Å². The second-order valence-corrected chi connectivity index (χ2v) is 8.34. The molecule has 4 fully saturated rings. The van der Waals surface area contributed by atoms with Crippen molar-refractivity contribution >= 4 is 11.6 Å². The Balaban J connectivity index is 1.77. The molecule has 1 nitrogen and oxygen atoms in total. The van der Waals surface area contributed by atoms with Gasteiger partial charge in [0.2, 0.25) is 0 Å². The molecule has 0 saturated heterocycles. The predicted octanol–water partition coefficient (Wildman–Crippen LogP) is 4.53. The van der Waals surface area contributed by atoms with Gasteiger partial charge in [0.1, 0.15) is 0 Å². The average Bonchev–Trinajstić information content (AvgIpc) is 2.37. The zero-order valence-electron chi connectivity index (χ0n) is 12.2. The zero-order chi connectivity index (χ0) is 14.0. The molecular formula is C18H24ClN. The minimum absolute atomic E-state index is 0.333. The smallest absolute Gasteiger partial charge is 0.0406 e. The lowest BCUT2D eigenvalue weighted by molar-refractivity contribution is -0.0821. The van der Waals surface area contributed by atoms with Crippen LogP contribution in [0.25, 0.3) is 0 Å². The van der Waals surface area contributed by atoms with Crippen LogP contribution < -0.4 is 5.73 Å². The number of rotatable bonds is 2. The molecule has 5 atom stereocenters. The summed E-state index contributed by atoms with van der Waals surface area (Å²) in [6, 6.07) is 9.00. The van der Waals surface area contributed by atoms with Crippen LogP contribution in [0.15, 0.2) is 24.3 Å². The van der Waals surface area contributed by atoms with E-state index in [1.54, 1.807) is 0 Å². The number of nitrogens with two attached hydrogens (primary N) is 1. The van der Waals surface area contributed by atoms with Gasteiger partial charge >= 0.3 is 0 Å². The topological polar surface area (TPSA) is 26.0 Å². The second-order valence-electron chi connectivity index (χ2n) is 7.90. The predicted molar refractivity (Wildman–Crippen MR) is 83.9 cm³/mol. The molecule has 2 unspecified atom stereocenters. The first-order chi connectivity index (χ1) is 9.51. The molecule has 20 heavy (non-hydrogen) atoms. The minimum atomic E-state index is 0.333. The lowest BCUT2D eigenvalue weighted by Gasteiger charge is -2.63. The fraction of sp³-hybridized carbons (Fsp3) is 0.667. The number of benzene rings is 1. The molecule has 2 heteroatoms. The first-order valence-corrected chi connectivity index (χ1v) is 8.41. The van der Waals surface area contributed by atoms with E-state index < -0.39 is 0 Å². The number of hydrogen-bond donors (Lipinski definition) is 1. The van der Waals surface area contributed by atoms with Crippen molar-refractivity contribution < 1.29 is 0 Å². The highest BCUT2D eigenvalue weighted by Crippen LogP contribution is 2.66. The van der Waals surface area contributed by atoms with Gasteiger partial charge in [-0.05, 0) is 85.8 Å². The number of hydrogen-bond acceptors (Lipinski definition) is 1. The highest BCUT2D eigenvalue weighted by Gasteiger charge is 2.59. The van der Waals surface area contributed by atoms with Crippen molar-refractivity contribution in [3.05, 3.63) is 34.9 Å². The van der Waals surface area contributed by atoms with Crippen molar-refractivity contribution in [2.45, 2.75) is 56.9 Å². The summed E-state index contributed by atoms with van der Waals surface area (Å²) < 4.78 is 0. The summed E-state index contributed by atoms with van der Waals surface area (Å²) in [5.74, 6) is 1.80. The van der Waals surface area contributed by atoms with E-state index in [1.807, 2.05) is 0 Å². The van der Waals surface area contributed by atoms with Gasteiger partial charge in [0.05, 0.1) is 0 Å². The Hall–Kier alpha value is -0.530. The molecule has 4 aliphatic carbocycles. The second kappa shape index (κ2) is 4.24. The van der Waals surface area contributed by atoms with Crippen LogP contribution in [0.4, 0.5) is 0 Å². The molecular weight excluding hydrogens is 266 g/mol. The summed E-state index contributed by atoms with van der Waals surface area (Å²) in [6.07, 6.45) is 8.24. The summed E-state index contributed by atoms with van der Waals surface area (Å²) in [7, 11) is 0. The van der Waals surface area contributed by atoms with Crippen LogP contribution >= 0.6 is 11.6 Å². The summed E-state index contributed by atoms with van der Waals surface area (Å²) in [5.41, 5.74) is 8.74. The molecule has 0 aromatic heterocycles. The van der Waals surface area contributed by atoms with Gasteiger partial charge in [0.15, 0.2) is 0 Å². The van der Waals surface area contributed by atoms with Crippen LogP contribution in [-0.2, 0) is 5.41 Å². The van der Waals surface area contributed by atoms with Crippen LogP contribution in [0.5, 0.6) is 0 Å². The van der Waals surface area contributed by atoms with Gasteiger partial charge < -0.3 is 5.73 Å². The fourth-order valence-electron chi connectivity index (χ4n) is 6.01. The Morgan fingerprint density at radius 3 is 2.25 bits per heavy atom. The molecule has 4 aliphatic rings. The average molecular weight is 290 g/mol. The first kappa shape index (κ1) is 13.2. The molecule has 1 aromatic carbocycles. The third-order valence-corrected chi connectivity index (χ3v) is 6.78. The van der Waals surface area contributed by atoms with Gasteiger partial charge in [-0.15, -0.1) is 0 Å². The Morgan fingerprint density at radius 2 is 1.70 bits per heavy atom. The maximum absolute atomic E-state index is 6.43. The van der Waals surface area contributed by atoms with Crippen molar-refractivity contribution in [3.8, 4) is 0 Å².